The van der Waals surface area contributed by atoms with E-state index in [1.807, 2.05) is 0 Å². The third-order valence-corrected chi connectivity index (χ3v) is 6.35. The molecule has 0 spiro atoms. The predicted molar refractivity (Wildman–Crippen MR) is 119 cm³/mol. The van der Waals surface area contributed by atoms with Crippen molar-refractivity contribution in [1.82, 2.24) is 14.9 Å². The number of nitro benzene ring substituents is 1. The van der Waals surface area contributed by atoms with E-state index in [-0.39, 0.29) is 22.8 Å². The highest BCUT2D eigenvalue weighted by molar-refractivity contribution is 6.10. The number of aryl methyl sites for hydroxylation is 1. The topological polar surface area (TPSA) is 118 Å². The van der Waals surface area contributed by atoms with Crippen molar-refractivity contribution in [2.75, 3.05) is 36.4 Å². The van der Waals surface area contributed by atoms with Crippen molar-refractivity contribution in [2.24, 2.45) is 0 Å². The number of piperazine rings is 1. The van der Waals surface area contributed by atoms with E-state index in [1.54, 1.807) is 16.7 Å². The summed E-state index contributed by atoms with van der Waals surface area (Å²) >= 11 is 0. The maximum absolute atomic E-state index is 14.4. The maximum atomic E-state index is 14.4. The minimum absolute atomic E-state index is 0.0345. The molecule has 11 heteroatoms. The van der Waals surface area contributed by atoms with Crippen LogP contribution in [0, 0.1) is 22.9 Å². The van der Waals surface area contributed by atoms with Gasteiger partial charge in [0.15, 0.2) is 5.82 Å². The highest BCUT2D eigenvalue weighted by Crippen LogP contribution is 2.40. The SMILES string of the molecule is Cc1oc2ncnc(NC3(C)CC3)c2c1C(=O)N1CCN(c2ccc([N+](=O)[O-])cc2F)CC1. The van der Waals surface area contributed by atoms with Crippen LogP contribution < -0.4 is 10.2 Å². The number of fused-ring (bicyclic) bond motifs is 1. The molecule has 3 aromatic rings. The van der Waals surface area contributed by atoms with Gasteiger partial charge in [-0.15, -0.1) is 0 Å². The van der Waals surface area contributed by atoms with Gasteiger partial charge in [0, 0.05) is 37.8 Å². The Morgan fingerprint density at radius 2 is 1.97 bits per heavy atom. The molecule has 0 atom stereocenters. The van der Waals surface area contributed by atoms with Crippen LogP contribution in [0.1, 0.15) is 35.9 Å². The summed E-state index contributed by atoms with van der Waals surface area (Å²) in [5.74, 6) is 0.228. The van der Waals surface area contributed by atoms with Crippen LogP contribution >= 0.6 is 0 Å². The molecule has 2 fully saturated rings. The lowest BCUT2D eigenvalue weighted by atomic mass is 10.1. The molecule has 1 aliphatic heterocycles. The zero-order valence-corrected chi connectivity index (χ0v) is 18.3. The molecule has 1 aromatic carbocycles. The van der Waals surface area contributed by atoms with Crippen LogP contribution in [-0.2, 0) is 0 Å². The second-order valence-electron chi connectivity index (χ2n) is 8.79. The second kappa shape index (κ2) is 7.68. The number of nitrogens with one attached hydrogen (secondary N) is 1. The summed E-state index contributed by atoms with van der Waals surface area (Å²) in [5.41, 5.74) is 0.763. The van der Waals surface area contributed by atoms with Gasteiger partial charge in [-0.05, 0) is 32.8 Å². The molecule has 3 heterocycles. The Morgan fingerprint density at radius 1 is 1.24 bits per heavy atom. The van der Waals surface area contributed by atoms with Gasteiger partial charge in [-0.2, -0.15) is 0 Å². The molecule has 2 aliphatic rings. The molecule has 1 saturated heterocycles. The van der Waals surface area contributed by atoms with Crippen molar-refractivity contribution in [3.8, 4) is 0 Å². The zero-order chi connectivity index (χ0) is 23.3. The van der Waals surface area contributed by atoms with Crippen LogP contribution in [0.2, 0.25) is 0 Å². The number of halogens is 1. The molecule has 2 aromatic heterocycles. The fourth-order valence-corrected chi connectivity index (χ4v) is 4.17. The summed E-state index contributed by atoms with van der Waals surface area (Å²) in [5, 5.41) is 14.9. The van der Waals surface area contributed by atoms with E-state index in [0.717, 1.165) is 18.9 Å². The number of furan rings is 1. The number of nitrogens with zero attached hydrogens (tertiary/aromatic N) is 5. The fourth-order valence-electron chi connectivity index (χ4n) is 4.17. The van der Waals surface area contributed by atoms with Crippen LogP contribution in [-0.4, -0.2) is 57.4 Å². The van der Waals surface area contributed by atoms with E-state index in [4.69, 9.17) is 4.42 Å². The first-order valence-electron chi connectivity index (χ1n) is 10.8. The molecule has 0 unspecified atom stereocenters. The first kappa shape index (κ1) is 21.1. The molecule has 1 saturated carbocycles. The number of benzene rings is 1. The Labute approximate surface area is 188 Å². The van der Waals surface area contributed by atoms with Gasteiger partial charge in [-0.1, -0.05) is 0 Å². The summed E-state index contributed by atoms with van der Waals surface area (Å²) in [4.78, 5) is 35.7. The monoisotopic (exact) mass is 454 g/mol. The number of hydrogen-bond acceptors (Lipinski definition) is 8. The van der Waals surface area contributed by atoms with Crippen molar-refractivity contribution in [2.45, 2.75) is 32.2 Å². The lowest BCUT2D eigenvalue weighted by molar-refractivity contribution is -0.385. The Morgan fingerprint density at radius 3 is 2.61 bits per heavy atom. The van der Waals surface area contributed by atoms with Crippen molar-refractivity contribution in [3.05, 3.63) is 51.8 Å². The van der Waals surface area contributed by atoms with E-state index < -0.39 is 10.7 Å². The van der Waals surface area contributed by atoms with Gasteiger partial charge in [0.2, 0.25) is 5.71 Å². The van der Waals surface area contributed by atoms with E-state index >= 15 is 0 Å². The van der Waals surface area contributed by atoms with E-state index in [0.29, 0.717) is 54.4 Å². The molecule has 5 rings (SSSR count). The minimum Gasteiger partial charge on any atom is -0.442 e. The number of carbonyl (C=O) groups is 1. The van der Waals surface area contributed by atoms with Gasteiger partial charge in [-0.25, -0.2) is 14.4 Å². The van der Waals surface area contributed by atoms with Crippen LogP contribution in [0.25, 0.3) is 11.1 Å². The average molecular weight is 454 g/mol. The number of nitro groups is 1. The third kappa shape index (κ3) is 3.83. The largest absolute Gasteiger partial charge is 0.442 e. The molecule has 0 radical (unpaired) electrons. The summed E-state index contributed by atoms with van der Waals surface area (Å²) < 4.78 is 20.2. The summed E-state index contributed by atoms with van der Waals surface area (Å²) in [6.45, 7) is 5.38. The van der Waals surface area contributed by atoms with Crippen LogP contribution in [0.3, 0.4) is 0 Å². The molecular formula is C22H23FN6O4. The number of aromatic nitrogens is 2. The third-order valence-electron chi connectivity index (χ3n) is 6.35. The Balaban J connectivity index is 1.36. The highest BCUT2D eigenvalue weighted by atomic mass is 19.1. The van der Waals surface area contributed by atoms with Crippen molar-refractivity contribution in [3.63, 3.8) is 0 Å². The zero-order valence-electron chi connectivity index (χ0n) is 18.3. The molecule has 33 heavy (non-hydrogen) atoms. The Hall–Kier alpha value is -3.76. The van der Waals surface area contributed by atoms with Crippen molar-refractivity contribution < 1.29 is 18.5 Å². The quantitative estimate of drug-likeness (QED) is 0.460. The molecule has 1 amide bonds. The Kier molecular flexibility index (Phi) is 4.91. The molecule has 0 bridgehead atoms. The normalized spacial score (nSPS) is 17.3. The van der Waals surface area contributed by atoms with Crippen LogP contribution in [0.15, 0.2) is 28.9 Å². The van der Waals surface area contributed by atoms with Gasteiger partial charge in [0.25, 0.3) is 11.6 Å². The van der Waals surface area contributed by atoms with Gasteiger partial charge in [0.05, 0.1) is 27.6 Å². The molecule has 172 valence electrons. The van der Waals surface area contributed by atoms with Gasteiger partial charge in [0.1, 0.15) is 17.9 Å². The van der Waals surface area contributed by atoms with E-state index in [2.05, 4.69) is 22.2 Å². The average Bonchev–Trinajstić information content (AvgIpc) is 3.41. The van der Waals surface area contributed by atoms with E-state index in [1.165, 1.54) is 18.5 Å². The van der Waals surface area contributed by atoms with Crippen molar-refractivity contribution >= 4 is 34.2 Å². The molecule has 1 N–H and O–H groups in total. The van der Waals surface area contributed by atoms with E-state index in [9.17, 15) is 19.3 Å². The summed E-state index contributed by atoms with van der Waals surface area (Å²) in [6, 6.07) is 3.61. The summed E-state index contributed by atoms with van der Waals surface area (Å²) in [7, 11) is 0. The van der Waals surface area contributed by atoms with Gasteiger partial charge >= 0.3 is 0 Å². The summed E-state index contributed by atoms with van der Waals surface area (Å²) in [6.07, 6.45) is 3.48. The standard InChI is InChI=1S/C22H23FN6O4/c1-13-17(18-19(26-22(2)5-6-22)24-12-25-20(18)33-13)21(30)28-9-7-27(8-10-28)16-4-3-14(29(31)32)11-15(16)23/h3-4,11-12H,5-10H2,1-2H3,(H,24,25,26). The lowest BCUT2D eigenvalue weighted by Gasteiger charge is -2.36. The molecule has 10 nitrogen and oxygen atoms in total. The number of non-ortho nitro benzene ring substituents is 1. The number of hydrogen-bond donors (Lipinski definition) is 1. The number of rotatable bonds is 5. The van der Waals surface area contributed by atoms with Crippen LogP contribution in [0.4, 0.5) is 21.6 Å². The maximum Gasteiger partial charge on any atom is 0.272 e. The lowest BCUT2D eigenvalue weighted by Crippen LogP contribution is -2.49. The fraction of sp³-hybridized carbons (Fsp3) is 0.409. The number of anilines is 2. The van der Waals surface area contributed by atoms with Gasteiger partial charge in [-0.3, -0.25) is 14.9 Å². The minimum atomic E-state index is -0.651. The first-order valence-corrected chi connectivity index (χ1v) is 10.8. The second-order valence-corrected chi connectivity index (χ2v) is 8.79. The molecular weight excluding hydrogens is 431 g/mol. The van der Waals surface area contributed by atoms with Crippen LogP contribution in [0.5, 0.6) is 0 Å². The van der Waals surface area contributed by atoms with Crippen molar-refractivity contribution in [1.29, 1.82) is 0 Å². The Bertz CT molecular complexity index is 1260. The highest BCUT2D eigenvalue weighted by Gasteiger charge is 2.39. The number of amides is 1. The molecule has 1 aliphatic carbocycles. The van der Waals surface area contributed by atoms with Gasteiger partial charge < -0.3 is 19.5 Å². The number of carbonyl (C=O) groups excluding carboxylic acids is 1. The first-order chi connectivity index (χ1) is 15.8. The predicted octanol–water partition coefficient (Wildman–Crippen LogP) is 3.51. The smallest absolute Gasteiger partial charge is 0.272 e.